The van der Waals surface area contributed by atoms with Crippen LogP contribution in [0.1, 0.15) is 44.2 Å². The van der Waals surface area contributed by atoms with E-state index < -0.39 is 0 Å². The van der Waals surface area contributed by atoms with Gasteiger partial charge in [-0.2, -0.15) is 0 Å². The molecule has 0 fully saturated rings. The van der Waals surface area contributed by atoms with E-state index in [0.29, 0.717) is 5.92 Å². The smallest absolute Gasteiger partial charge is 0.139 e. The van der Waals surface area contributed by atoms with Crippen molar-refractivity contribution in [3.05, 3.63) is 71.8 Å². The van der Waals surface area contributed by atoms with Crippen molar-refractivity contribution in [2.24, 2.45) is 0 Å². The van der Waals surface area contributed by atoms with E-state index in [1.165, 1.54) is 16.0 Å². The first-order valence-electron chi connectivity index (χ1n) is 8.37. The fraction of sp³-hybridized carbons (Fsp3) is 0.364. The Bertz CT molecular complexity index is 608. The quantitative estimate of drug-likeness (QED) is 0.774. The molecule has 1 N–H and O–H groups in total. The summed E-state index contributed by atoms with van der Waals surface area (Å²) in [7, 11) is 2.21. The Kier molecular flexibility index (Phi) is 8.05. The minimum Gasteiger partial charge on any atom is -1.00 e. The predicted molar refractivity (Wildman–Crippen MR) is 98.6 cm³/mol. The summed E-state index contributed by atoms with van der Waals surface area (Å²) in [4.78, 5) is 1.45. The lowest BCUT2D eigenvalue weighted by atomic mass is 9.89. The van der Waals surface area contributed by atoms with Crippen LogP contribution in [-0.2, 0) is 0 Å². The van der Waals surface area contributed by atoms with Gasteiger partial charge in [-0.15, -0.1) is 0 Å². The van der Waals surface area contributed by atoms with E-state index in [9.17, 15) is 0 Å². The maximum absolute atomic E-state index is 3.41. The molecule has 2 aromatic rings. The average molecular weight is 342 g/mol. The second-order valence-electron chi connectivity index (χ2n) is 7.14. The van der Waals surface area contributed by atoms with Gasteiger partial charge in [-0.3, -0.25) is 0 Å². The monoisotopic (exact) mass is 341 g/mol. The first-order chi connectivity index (χ1) is 11.0. The highest BCUT2D eigenvalue weighted by Crippen LogP contribution is 2.27. The SMILES string of the molecule is C[NH+](CC#CCC(c1ccccc1)c1ccccc1)C(C)(C)C.[Cl-]. The molecule has 2 aromatic carbocycles. The van der Waals surface area contributed by atoms with Crippen LogP contribution in [0.25, 0.3) is 0 Å². The summed E-state index contributed by atoms with van der Waals surface area (Å²) in [6, 6.07) is 21.4. The third kappa shape index (κ3) is 6.04. The van der Waals surface area contributed by atoms with Crippen molar-refractivity contribution < 1.29 is 17.3 Å². The van der Waals surface area contributed by atoms with Gasteiger partial charge in [0.05, 0.1) is 12.6 Å². The molecule has 0 saturated carbocycles. The van der Waals surface area contributed by atoms with Crippen molar-refractivity contribution in [2.45, 2.75) is 38.6 Å². The highest BCUT2D eigenvalue weighted by molar-refractivity contribution is 5.33. The van der Waals surface area contributed by atoms with E-state index in [-0.39, 0.29) is 17.9 Å². The van der Waals surface area contributed by atoms with Crippen LogP contribution in [0.4, 0.5) is 0 Å². The van der Waals surface area contributed by atoms with Crippen molar-refractivity contribution >= 4 is 0 Å². The molecule has 2 heteroatoms. The molecule has 0 aromatic heterocycles. The number of hydrogen-bond acceptors (Lipinski definition) is 0. The van der Waals surface area contributed by atoms with Gasteiger partial charge in [-0.1, -0.05) is 66.6 Å². The highest BCUT2D eigenvalue weighted by atomic mass is 35.5. The normalized spacial score (nSPS) is 12.0. The largest absolute Gasteiger partial charge is 1.00 e. The number of nitrogens with one attached hydrogen (secondary N) is 1. The van der Waals surface area contributed by atoms with Crippen molar-refractivity contribution in [2.75, 3.05) is 13.6 Å². The number of halogens is 1. The Morgan fingerprint density at radius 1 is 0.833 bits per heavy atom. The van der Waals surface area contributed by atoms with Gasteiger partial charge >= 0.3 is 0 Å². The molecule has 1 unspecified atom stereocenters. The van der Waals surface area contributed by atoms with Gasteiger partial charge in [-0.25, -0.2) is 0 Å². The minimum absolute atomic E-state index is 0. The van der Waals surface area contributed by atoms with E-state index in [1.807, 2.05) is 0 Å². The van der Waals surface area contributed by atoms with Gasteiger partial charge in [0.2, 0.25) is 0 Å². The third-order valence-corrected chi connectivity index (χ3v) is 4.47. The van der Waals surface area contributed by atoms with Crippen LogP contribution in [0, 0.1) is 11.8 Å². The zero-order chi connectivity index (χ0) is 16.7. The Hall–Kier alpha value is -1.75. The van der Waals surface area contributed by atoms with Crippen LogP contribution in [-0.4, -0.2) is 19.1 Å². The number of quaternary nitrogens is 1. The summed E-state index contributed by atoms with van der Waals surface area (Å²) < 4.78 is 0. The molecular weight excluding hydrogens is 314 g/mol. The number of benzene rings is 2. The molecular formula is C22H28ClN. The topological polar surface area (TPSA) is 4.44 Å². The molecule has 0 heterocycles. The van der Waals surface area contributed by atoms with E-state index in [4.69, 9.17) is 0 Å². The second kappa shape index (κ2) is 9.52. The summed E-state index contributed by atoms with van der Waals surface area (Å²) in [6.07, 6.45) is 0.867. The van der Waals surface area contributed by atoms with Crippen LogP contribution in [0.5, 0.6) is 0 Å². The maximum atomic E-state index is 3.41. The molecule has 2 rings (SSSR count). The fourth-order valence-corrected chi connectivity index (χ4v) is 2.43. The van der Waals surface area contributed by atoms with Crippen molar-refractivity contribution in [3.8, 4) is 11.8 Å². The molecule has 0 aliphatic carbocycles. The molecule has 0 bridgehead atoms. The zero-order valence-electron chi connectivity index (χ0n) is 15.1. The molecule has 24 heavy (non-hydrogen) atoms. The molecule has 0 saturated heterocycles. The van der Waals surface area contributed by atoms with E-state index in [0.717, 1.165) is 13.0 Å². The van der Waals surface area contributed by atoms with Crippen molar-refractivity contribution in [1.29, 1.82) is 0 Å². The third-order valence-electron chi connectivity index (χ3n) is 4.47. The average Bonchev–Trinajstić information content (AvgIpc) is 2.55. The van der Waals surface area contributed by atoms with Gasteiger partial charge in [0.1, 0.15) is 6.54 Å². The van der Waals surface area contributed by atoms with E-state index in [2.05, 4.69) is 100 Å². The minimum atomic E-state index is 0. The standard InChI is InChI=1S/C22H27N.ClH/c1-22(2,3)23(4)18-12-11-17-21(19-13-7-5-8-14-19)20-15-9-6-10-16-20;/h5-10,13-16,21H,17-18H2,1-4H3;1H. The molecule has 1 nitrogen and oxygen atoms in total. The van der Waals surface area contributed by atoms with Crippen molar-refractivity contribution in [1.82, 2.24) is 0 Å². The molecule has 0 amide bonds. The Labute approximate surface area is 153 Å². The molecule has 0 radical (unpaired) electrons. The van der Waals surface area contributed by atoms with Crippen LogP contribution in [0.3, 0.4) is 0 Å². The Morgan fingerprint density at radius 3 is 1.71 bits per heavy atom. The zero-order valence-corrected chi connectivity index (χ0v) is 15.9. The number of hydrogen-bond donors (Lipinski definition) is 1. The van der Waals surface area contributed by atoms with Gasteiger partial charge in [-0.05, 0) is 37.8 Å². The highest BCUT2D eigenvalue weighted by Gasteiger charge is 2.19. The first-order valence-corrected chi connectivity index (χ1v) is 8.37. The predicted octanol–water partition coefficient (Wildman–Crippen LogP) is 0.529. The molecule has 0 aliphatic heterocycles. The summed E-state index contributed by atoms with van der Waals surface area (Å²) in [6.45, 7) is 7.64. The number of rotatable bonds is 4. The van der Waals surface area contributed by atoms with Crippen molar-refractivity contribution in [3.63, 3.8) is 0 Å². The first kappa shape index (κ1) is 20.3. The lowest BCUT2D eigenvalue weighted by molar-refractivity contribution is -0.920. The Morgan fingerprint density at radius 2 is 1.29 bits per heavy atom. The van der Waals surface area contributed by atoms with Gasteiger partial charge in [0, 0.05) is 12.3 Å². The molecule has 128 valence electrons. The van der Waals surface area contributed by atoms with E-state index >= 15 is 0 Å². The lowest BCUT2D eigenvalue weighted by Gasteiger charge is -2.26. The van der Waals surface area contributed by atoms with E-state index in [1.54, 1.807) is 0 Å². The van der Waals surface area contributed by atoms with Crippen LogP contribution in [0.2, 0.25) is 0 Å². The summed E-state index contributed by atoms with van der Waals surface area (Å²) >= 11 is 0. The molecule has 0 spiro atoms. The van der Waals surface area contributed by atoms with Crippen LogP contribution >= 0.6 is 0 Å². The summed E-state index contributed by atoms with van der Waals surface area (Å²) in [5.41, 5.74) is 2.92. The summed E-state index contributed by atoms with van der Waals surface area (Å²) in [5.74, 6) is 7.14. The van der Waals surface area contributed by atoms with Gasteiger partial charge < -0.3 is 17.3 Å². The van der Waals surface area contributed by atoms with Crippen LogP contribution in [0.15, 0.2) is 60.7 Å². The summed E-state index contributed by atoms with van der Waals surface area (Å²) in [5, 5.41) is 0. The lowest BCUT2D eigenvalue weighted by Crippen LogP contribution is -3.16. The van der Waals surface area contributed by atoms with Gasteiger partial charge in [0.15, 0.2) is 0 Å². The fourth-order valence-electron chi connectivity index (χ4n) is 2.43. The second-order valence-corrected chi connectivity index (χ2v) is 7.14. The maximum Gasteiger partial charge on any atom is 0.139 e. The molecule has 1 atom stereocenters. The molecule has 0 aliphatic rings. The van der Waals surface area contributed by atoms with Crippen LogP contribution < -0.4 is 17.3 Å². The van der Waals surface area contributed by atoms with Gasteiger partial charge in [0.25, 0.3) is 0 Å². The Balaban J connectivity index is 0.00000288.